The fourth-order valence-electron chi connectivity index (χ4n) is 3.41. The summed E-state index contributed by atoms with van der Waals surface area (Å²) in [6.07, 6.45) is 5.34. The van der Waals surface area contributed by atoms with Crippen LogP contribution in [0, 0.1) is 0 Å². The molecule has 2 rings (SSSR count). The van der Waals surface area contributed by atoms with Crippen molar-refractivity contribution < 1.29 is 9.90 Å². The van der Waals surface area contributed by atoms with Crippen LogP contribution >= 0.6 is 0 Å². The highest BCUT2D eigenvalue weighted by molar-refractivity contribution is 5.78. The zero-order valence-corrected chi connectivity index (χ0v) is 13.9. The maximum atomic E-state index is 11.7. The van der Waals surface area contributed by atoms with E-state index in [1.54, 1.807) is 0 Å². The van der Waals surface area contributed by atoms with E-state index in [4.69, 9.17) is 0 Å². The largest absolute Gasteiger partial charge is 0.480 e. The molecule has 1 saturated heterocycles. The Bertz CT molecular complexity index is 371. The number of carboxylic acids is 1. The smallest absolute Gasteiger partial charge is 0.323 e. The van der Waals surface area contributed by atoms with Gasteiger partial charge < -0.3 is 10.0 Å². The highest BCUT2D eigenvalue weighted by atomic mass is 16.4. The number of likely N-dealkylation sites (N-methyl/N-ethyl adjacent to an activating group) is 1. The maximum Gasteiger partial charge on any atom is 0.323 e. The summed E-state index contributed by atoms with van der Waals surface area (Å²) in [6, 6.07) is 1.29. The van der Waals surface area contributed by atoms with Crippen molar-refractivity contribution in [3.63, 3.8) is 0 Å². The third-order valence-corrected chi connectivity index (χ3v) is 5.06. The fraction of sp³-hybridized carbons (Fsp3) is 0.938. The Labute approximate surface area is 128 Å². The van der Waals surface area contributed by atoms with Gasteiger partial charge in [-0.1, -0.05) is 0 Å². The van der Waals surface area contributed by atoms with Gasteiger partial charge in [0.05, 0.1) is 0 Å². The van der Waals surface area contributed by atoms with E-state index in [1.165, 1.54) is 12.8 Å². The molecule has 0 aromatic heterocycles. The Morgan fingerprint density at radius 1 is 1.43 bits per heavy atom. The average molecular weight is 297 g/mol. The van der Waals surface area contributed by atoms with Gasteiger partial charge in [-0.05, 0) is 66.6 Å². The molecular weight excluding hydrogens is 266 g/mol. The molecule has 0 amide bonds. The molecule has 1 heterocycles. The molecule has 0 aromatic rings. The third kappa shape index (κ3) is 4.41. The number of carboxylic acid groups (broad SMARTS) is 1. The van der Waals surface area contributed by atoms with Crippen molar-refractivity contribution in [2.45, 2.75) is 69.6 Å². The summed E-state index contributed by atoms with van der Waals surface area (Å²) >= 11 is 0. The van der Waals surface area contributed by atoms with Gasteiger partial charge >= 0.3 is 5.97 Å². The molecule has 0 spiro atoms. The summed E-state index contributed by atoms with van der Waals surface area (Å²) < 4.78 is 0. The summed E-state index contributed by atoms with van der Waals surface area (Å²) in [6.45, 7) is 6.16. The van der Waals surface area contributed by atoms with Crippen LogP contribution < -0.4 is 5.32 Å². The molecular formula is C16H31N3O2. The monoisotopic (exact) mass is 297 g/mol. The van der Waals surface area contributed by atoms with Crippen LogP contribution in [0.25, 0.3) is 0 Å². The standard InChI is InChI=1S/C16H31N3O2/c1-12(19-9-5-6-14(11-19)18(3)4)10-16(2,15(20)21)17-13-7-8-13/h12-14,17H,5-11H2,1-4H3,(H,20,21). The Balaban J connectivity index is 1.94. The summed E-state index contributed by atoms with van der Waals surface area (Å²) in [5.41, 5.74) is -0.800. The minimum absolute atomic E-state index is 0.292. The van der Waals surface area contributed by atoms with Crippen LogP contribution in [0.1, 0.15) is 46.0 Å². The van der Waals surface area contributed by atoms with Crippen LogP contribution in [0.4, 0.5) is 0 Å². The van der Waals surface area contributed by atoms with E-state index in [1.807, 2.05) is 6.92 Å². The van der Waals surface area contributed by atoms with Gasteiger partial charge in [0, 0.05) is 24.7 Å². The zero-order chi connectivity index (χ0) is 15.6. The first-order valence-corrected chi connectivity index (χ1v) is 8.23. The molecule has 3 atom stereocenters. The van der Waals surface area contributed by atoms with E-state index in [-0.39, 0.29) is 0 Å². The fourth-order valence-corrected chi connectivity index (χ4v) is 3.41. The Morgan fingerprint density at radius 3 is 2.62 bits per heavy atom. The van der Waals surface area contributed by atoms with E-state index in [0.29, 0.717) is 24.5 Å². The first-order valence-electron chi connectivity index (χ1n) is 8.23. The Morgan fingerprint density at radius 2 is 2.10 bits per heavy atom. The molecule has 0 radical (unpaired) electrons. The lowest BCUT2D eigenvalue weighted by molar-refractivity contribution is -0.145. The van der Waals surface area contributed by atoms with Crippen LogP contribution in [0.2, 0.25) is 0 Å². The minimum Gasteiger partial charge on any atom is -0.480 e. The topological polar surface area (TPSA) is 55.8 Å². The normalized spacial score (nSPS) is 28.3. The summed E-state index contributed by atoms with van der Waals surface area (Å²) in [4.78, 5) is 16.4. The highest BCUT2D eigenvalue weighted by Crippen LogP contribution is 2.27. The van der Waals surface area contributed by atoms with Gasteiger partial charge in [-0.3, -0.25) is 15.0 Å². The van der Waals surface area contributed by atoms with Gasteiger partial charge in [0.15, 0.2) is 0 Å². The maximum absolute atomic E-state index is 11.7. The van der Waals surface area contributed by atoms with Gasteiger partial charge in [0.25, 0.3) is 0 Å². The van der Waals surface area contributed by atoms with E-state index in [9.17, 15) is 9.90 Å². The van der Waals surface area contributed by atoms with Gasteiger partial charge in [0.1, 0.15) is 5.54 Å². The SMILES string of the molecule is CC(CC(C)(NC1CC1)C(=O)O)N1CCCC(N(C)C)C1. The summed E-state index contributed by atoms with van der Waals surface area (Å²) in [5, 5.41) is 12.9. The van der Waals surface area contributed by atoms with Crippen molar-refractivity contribution in [3.8, 4) is 0 Å². The second-order valence-electron chi connectivity index (χ2n) is 7.36. The summed E-state index contributed by atoms with van der Waals surface area (Å²) in [7, 11) is 4.27. The Kier molecular flexibility index (Phi) is 5.28. The number of hydrogen-bond acceptors (Lipinski definition) is 4. The molecule has 3 unspecified atom stereocenters. The van der Waals surface area contributed by atoms with Crippen molar-refractivity contribution in [3.05, 3.63) is 0 Å². The molecule has 0 aromatic carbocycles. The number of likely N-dealkylation sites (tertiary alicyclic amines) is 1. The molecule has 5 heteroatoms. The second kappa shape index (κ2) is 6.63. The molecule has 0 bridgehead atoms. The number of rotatable bonds is 7. The Hall–Kier alpha value is -0.650. The molecule has 2 aliphatic rings. The summed E-state index contributed by atoms with van der Waals surface area (Å²) in [5.74, 6) is -0.720. The second-order valence-corrected chi connectivity index (χ2v) is 7.36. The molecule has 2 fully saturated rings. The average Bonchev–Trinajstić information content (AvgIpc) is 3.22. The molecule has 1 saturated carbocycles. The lowest BCUT2D eigenvalue weighted by Crippen LogP contribution is -2.56. The molecule has 122 valence electrons. The lowest BCUT2D eigenvalue weighted by atomic mass is 9.91. The zero-order valence-electron chi connectivity index (χ0n) is 13.9. The van der Waals surface area contributed by atoms with Crippen LogP contribution in [0.5, 0.6) is 0 Å². The van der Waals surface area contributed by atoms with Crippen molar-refractivity contribution in [1.29, 1.82) is 0 Å². The molecule has 5 nitrogen and oxygen atoms in total. The van der Waals surface area contributed by atoms with Crippen LogP contribution in [0.3, 0.4) is 0 Å². The number of hydrogen-bond donors (Lipinski definition) is 2. The third-order valence-electron chi connectivity index (χ3n) is 5.06. The van der Waals surface area contributed by atoms with E-state index >= 15 is 0 Å². The first kappa shape index (κ1) is 16.7. The number of nitrogens with zero attached hydrogens (tertiary/aromatic N) is 2. The molecule has 1 aliphatic carbocycles. The van der Waals surface area contributed by atoms with Crippen molar-refractivity contribution in [2.75, 3.05) is 27.2 Å². The van der Waals surface area contributed by atoms with Gasteiger partial charge in [-0.15, -0.1) is 0 Å². The van der Waals surface area contributed by atoms with Gasteiger partial charge in [-0.25, -0.2) is 0 Å². The predicted molar refractivity (Wildman–Crippen MR) is 84.6 cm³/mol. The van der Waals surface area contributed by atoms with Crippen LogP contribution in [-0.4, -0.2) is 71.7 Å². The van der Waals surface area contributed by atoms with Gasteiger partial charge in [-0.2, -0.15) is 0 Å². The van der Waals surface area contributed by atoms with E-state index < -0.39 is 11.5 Å². The van der Waals surface area contributed by atoms with E-state index in [2.05, 4.69) is 36.1 Å². The van der Waals surface area contributed by atoms with Crippen LogP contribution in [0.15, 0.2) is 0 Å². The molecule has 2 N–H and O–H groups in total. The quantitative estimate of drug-likeness (QED) is 0.744. The molecule has 1 aliphatic heterocycles. The highest BCUT2D eigenvalue weighted by Gasteiger charge is 2.40. The minimum atomic E-state index is -0.800. The first-order chi connectivity index (χ1) is 9.82. The van der Waals surface area contributed by atoms with Crippen molar-refractivity contribution in [1.82, 2.24) is 15.1 Å². The van der Waals surface area contributed by atoms with E-state index in [0.717, 1.165) is 25.9 Å². The van der Waals surface area contributed by atoms with Crippen LogP contribution in [-0.2, 0) is 4.79 Å². The lowest BCUT2D eigenvalue weighted by Gasteiger charge is -2.41. The molecule has 21 heavy (non-hydrogen) atoms. The number of nitrogens with one attached hydrogen (secondary N) is 1. The van der Waals surface area contributed by atoms with Crippen molar-refractivity contribution in [2.24, 2.45) is 0 Å². The number of piperidine rings is 1. The number of carbonyl (C=O) groups is 1. The van der Waals surface area contributed by atoms with Gasteiger partial charge in [0.2, 0.25) is 0 Å². The van der Waals surface area contributed by atoms with Crippen molar-refractivity contribution >= 4 is 5.97 Å². The predicted octanol–water partition coefficient (Wildman–Crippen LogP) is 1.39. The number of aliphatic carboxylic acids is 1.